The van der Waals surface area contributed by atoms with Crippen LogP contribution >= 0.6 is 11.5 Å². The van der Waals surface area contributed by atoms with E-state index in [9.17, 15) is 9.18 Å². The number of nitrogens with zero attached hydrogens (tertiary/aromatic N) is 2. The highest BCUT2D eigenvalue weighted by atomic mass is 32.1. The van der Waals surface area contributed by atoms with Crippen LogP contribution in [0.5, 0.6) is 0 Å². The van der Waals surface area contributed by atoms with Gasteiger partial charge in [-0.3, -0.25) is 4.79 Å². The summed E-state index contributed by atoms with van der Waals surface area (Å²) in [7, 11) is 0. The van der Waals surface area contributed by atoms with E-state index in [0.29, 0.717) is 4.88 Å². The normalized spacial score (nSPS) is 21.9. The zero-order chi connectivity index (χ0) is 13.9. The second-order valence-electron chi connectivity index (χ2n) is 4.98. The maximum Gasteiger partial charge on any atom is 0.264 e. The van der Waals surface area contributed by atoms with E-state index in [-0.39, 0.29) is 23.7 Å². The number of carbonyl (C=O) groups excluding carboxylic acids is 1. The van der Waals surface area contributed by atoms with Gasteiger partial charge >= 0.3 is 0 Å². The van der Waals surface area contributed by atoms with Gasteiger partial charge in [-0.1, -0.05) is 22.7 Å². The smallest absolute Gasteiger partial charge is 0.264 e. The monoisotopic (exact) mass is 291 g/mol. The van der Waals surface area contributed by atoms with Gasteiger partial charge in [0.15, 0.2) is 0 Å². The van der Waals surface area contributed by atoms with Gasteiger partial charge in [-0.2, -0.15) is 0 Å². The SMILES string of the molecule is O=C(N[C@H]1CC[C@H](c2ccccc2F)C1)c1cnns1. The Bertz CT molecular complexity index is 602. The van der Waals surface area contributed by atoms with Gasteiger partial charge < -0.3 is 5.32 Å². The van der Waals surface area contributed by atoms with Crippen LogP contribution in [0.25, 0.3) is 0 Å². The number of halogens is 1. The molecule has 0 saturated heterocycles. The quantitative estimate of drug-likeness (QED) is 0.946. The zero-order valence-electron chi connectivity index (χ0n) is 10.8. The van der Waals surface area contributed by atoms with Gasteiger partial charge in [0.2, 0.25) is 0 Å². The number of amides is 1. The third kappa shape index (κ3) is 2.70. The first-order chi connectivity index (χ1) is 9.74. The molecule has 0 unspecified atom stereocenters. The number of rotatable bonds is 3. The lowest BCUT2D eigenvalue weighted by Gasteiger charge is -2.13. The van der Waals surface area contributed by atoms with Gasteiger partial charge in [0, 0.05) is 6.04 Å². The standard InChI is InChI=1S/C14H14FN3OS/c15-12-4-2-1-3-11(12)9-5-6-10(7-9)17-14(19)13-8-16-18-20-13/h1-4,8-10H,5-7H2,(H,17,19)/t9-,10-/m0/s1. The van der Waals surface area contributed by atoms with Gasteiger partial charge in [-0.25, -0.2) is 4.39 Å². The molecular formula is C14H14FN3OS. The highest BCUT2D eigenvalue weighted by Gasteiger charge is 2.29. The van der Waals surface area contributed by atoms with Gasteiger partial charge in [0.05, 0.1) is 6.20 Å². The molecule has 3 rings (SSSR count). The molecule has 1 heterocycles. The van der Waals surface area contributed by atoms with Crippen molar-refractivity contribution in [2.75, 3.05) is 0 Å². The summed E-state index contributed by atoms with van der Waals surface area (Å²) in [5, 5.41) is 6.62. The predicted octanol–water partition coefficient (Wildman–Crippen LogP) is 2.74. The Morgan fingerprint density at radius 3 is 2.95 bits per heavy atom. The second kappa shape index (κ2) is 5.66. The molecule has 2 aromatic rings. The Labute approximate surface area is 120 Å². The molecule has 4 nitrogen and oxygen atoms in total. The van der Waals surface area contributed by atoms with Crippen molar-refractivity contribution < 1.29 is 9.18 Å². The number of nitrogens with one attached hydrogen (secondary N) is 1. The average molecular weight is 291 g/mol. The predicted molar refractivity (Wildman–Crippen MR) is 74.2 cm³/mol. The maximum atomic E-state index is 13.8. The topological polar surface area (TPSA) is 54.9 Å². The number of benzene rings is 1. The van der Waals surface area contributed by atoms with Crippen LogP contribution in [0.15, 0.2) is 30.5 Å². The summed E-state index contributed by atoms with van der Waals surface area (Å²) in [6.07, 6.45) is 4.01. The molecule has 1 aromatic carbocycles. The third-order valence-corrected chi connectivity index (χ3v) is 4.36. The van der Waals surface area contributed by atoms with Crippen molar-refractivity contribution in [3.05, 3.63) is 46.7 Å². The van der Waals surface area contributed by atoms with Gasteiger partial charge in [0.25, 0.3) is 5.91 Å². The van der Waals surface area contributed by atoms with Crippen LogP contribution in [0.3, 0.4) is 0 Å². The summed E-state index contributed by atoms with van der Waals surface area (Å²) in [5.41, 5.74) is 0.753. The number of aromatic nitrogens is 2. The van der Waals surface area contributed by atoms with Gasteiger partial charge in [0.1, 0.15) is 10.7 Å². The minimum Gasteiger partial charge on any atom is -0.348 e. The van der Waals surface area contributed by atoms with E-state index in [2.05, 4.69) is 14.9 Å². The lowest BCUT2D eigenvalue weighted by atomic mass is 9.97. The van der Waals surface area contributed by atoms with Crippen LogP contribution in [-0.4, -0.2) is 21.5 Å². The number of carbonyl (C=O) groups is 1. The van der Waals surface area contributed by atoms with Crippen molar-refractivity contribution in [3.8, 4) is 0 Å². The molecule has 1 aliphatic carbocycles. The number of hydrogen-bond acceptors (Lipinski definition) is 4. The molecular weight excluding hydrogens is 277 g/mol. The Morgan fingerprint density at radius 1 is 1.35 bits per heavy atom. The summed E-state index contributed by atoms with van der Waals surface area (Å²) < 4.78 is 17.4. The minimum atomic E-state index is -0.156. The van der Waals surface area contributed by atoms with E-state index in [1.807, 2.05) is 12.1 Å². The third-order valence-electron chi connectivity index (χ3n) is 3.70. The highest BCUT2D eigenvalue weighted by molar-refractivity contribution is 7.07. The number of hydrogen-bond donors (Lipinski definition) is 1. The molecule has 6 heteroatoms. The Hall–Kier alpha value is -1.82. The van der Waals surface area contributed by atoms with Crippen molar-refractivity contribution in [3.63, 3.8) is 0 Å². The molecule has 1 amide bonds. The van der Waals surface area contributed by atoms with Crippen LogP contribution < -0.4 is 5.32 Å². The van der Waals surface area contributed by atoms with Crippen LogP contribution in [-0.2, 0) is 0 Å². The van der Waals surface area contributed by atoms with Crippen molar-refractivity contribution in [2.24, 2.45) is 0 Å². The molecule has 1 aliphatic rings. The van der Waals surface area contributed by atoms with Crippen molar-refractivity contribution in [2.45, 2.75) is 31.2 Å². The van der Waals surface area contributed by atoms with Crippen LogP contribution in [0.1, 0.15) is 40.4 Å². The van der Waals surface area contributed by atoms with Crippen LogP contribution in [0.4, 0.5) is 4.39 Å². The molecule has 0 spiro atoms. The fourth-order valence-corrected chi connectivity index (χ4v) is 3.14. The molecule has 1 saturated carbocycles. The zero-order valence-corrected chi connectivity index (χ0v) is 11.6. The first kappa shape index (κ1) is 13.2. The summed E-state index contributed by atoms with van der Waals surface area (Å²) in [5.74, 6) is -0.114. The molecule has 0 bridgehead atoms. The first-order valence-corrected chi connectivity index (χ1v) is 7.34. The highest BCUT2D eigenvalue weighted by Crippen LogP contribution is 2.35. The largest absolute Gasteiger partial charge is 0.348 e. The fourth-order valence-electron chi connectivity index (χ4n) is 2.72. The van der Waals surface area contributed by atoms with Crippen LogP contribution in [0.2, 0.25) is 0 Å². The van der Waals surface area contributed by atoms with Crippen molar-refractivity contribution in [1.29, 1.82) is 0 Å². The van der Waals surface area contributed by atoms with Gasteiger partial charge in [-0.15, -0.1) is 5.10 Å². The Kier molecular flexibility index (Phi) is 3.73. The lowest BCUT2D eigenvalue weighted by molar-refractivity contribution is 0.0941. The van der Waals surface area contributed by atoms with E-state index < -0.39 is 0 Å². The van der Waals surface area contributed by atoms with Crippen molar-refractivity contribution >= 4 is 17.4 Å². The van der Waals surface area contributed by atoms with E-state index in [1.54, 1.807) is 6.07 Å². The molecule has 0 aliphatic heterocycles. The lowest BCUT2D eigenvalue weighted by Crippen LogP contribution is -2.32. The average Bonchev–Trinajstić information content (AvgIpc) is 3.10. The summed E-state index contributed by atoms with van der Waals surface area (Å²) >= 11 is 1.08. The second-order valence-corrected chi connectivity index (χ2v) is 5.77. The van der Waals surface area contributed by atoms with E-state index >= 15 is 0 Å². The van der Waals surface area contributed by atoms with E-state index in [0.717, 1.165) is 36.4 Å². The van der Waals surface area contributed by atoms with E-state index in [4.69, 9.17) is 0 Å². The molecule has 20 heavy (non-hydrogen) atoms. The summed E-state index contributed by atoms with van der Waals surface area (Å²) in [6.45, 7) is 0. The van der Waals surface area contributed by atoms with E-state index in [1.165, 1.54) is 12.3 Å². The summed E-state index contributed by atoms with van der Waals surface area (Å²) in [6, 6.07) is 6.97. The first-order valence-electron chi connectivity index (χ1n) is 6.56. The molecule has 2 atom stereocenters. The maximum absolute atomic E-state index is 13.8. The Balaban J connectivity index is 1.63. The molecule has 1 aromatic heterocycles. The van der Waals surface area contributed by atoms with Gasteiger partial charge in [-0.05, 0) is 48.3 Å². The van der Waals surface area contributed by atoms with Crippen molar-refractivity contribution in [1.82, 2.24) is 14.9 Å². The molecule has 1 N–H and O–H groups in total. The minimum absolute atomic E-state index is 0.0919. The fraction of sp³-hybridized carbons (Fsp3) is 0.357. The molecule has 104 valence electrons. The molecule has 0 radical (unpaired) electrons. The van der Waals surface area contributed by atoms with Crippen LogP contribution in [0, 0.1) is 5.82 Å². The molecule has 1 fully saturated rings. The Morgan fingerprint density at radius 2 is 2.20 bits per heavy atom. The summed E-state index contributed by atoms with van der Waals surface area (Å²) in [4.78, 5) is 12.4.